The number of carbonyl (C=O) groups excluding carboxylic acids is 1. The van der Waals surface area contributed by atoms with Gasteiger partial charge in [0.05, 0.1) is 13.2 Å². The van der Waals surface area contributed by atoms with Gasteiger partial charge in [-0.05, 0) is 45.7 Å². The highest BCUT2D eigenvalue weighted by Crippen LogP contribution is 2.24. The van der Waals surface area contributed by atoms with E-state index in [1.165, 1.54) is 0 Å². The van der Waals surface area contributed by atoms with E-state index in [9.17, 15) is 4.79 Å². The lowest BCUT2D eigenvalue weighted by atomic mass is 9.91. The summed E-state index contributed by atoms with van der Waals surface area (Å²) in [5.74, 6) is 0.745. The van der Waals surface area contributed by atoms with Crippen LogP contribution >= 0.6 is 0 Å². The third kappa shape index (κ3) is 4.94. The lowest BCUT2D eigenvalue weighted by molar-refractivity contribution is -0.121. The highest BCUT2D eigenvalue weighted by Gasteiger charge is 2.31. The van der Waals surface area contributed by atoms with Gasteiger partial charge in [-0.1, -0.05) is 0 Å². The summed E-state index contributed by atoms with van der Waals surface area (Å²) < 4.78 is 5.45. The first-order valence-corrected chi connectivity index (χ1v) is 8.27. The van der Waals surface area contributed by atoms with E-state index in [0.29, 0.717) is 12.3 Å². The van der Waals surface area contributed by atoms with Crippen molar-refractivity contribution < 1.29 is 9.53 Å². The minimum atomic E-state index is 0.182. The highest BCUT2D eigenvalue weighted by molar-refractivity contribution is 5.75. The fourth-order valence-electron chi connectivity index (χ4n) is 3.53. The summed E-state index contributed by atoms with van der Waals surface area (Å²) in [7, 11) is 1.72. The predicted octanol–water partition coefficient (Wildman–Crippen LogP) is 0.945. The molecule has 2 aliphatic rings. The standard InChI is InChI=1S/C16H31N3O2/c1-16(2,19-8-10-21-11-9-19)13-18-6-4-14(5-7-18)12-15(20)17-3/h14H,4-13H2,1-3H3,(H,17,20). The number of nitrogens with zero attached hydrogens (tertiary/aromatic N) is 2. The van der Waals surface area contributed by atoms with E-state index in [4.69, 9.17) is 4.74 Å². The van der Waals surface area contributed by atoms with Crippen LogP contribution in [-0.2, 0) is 9.53 Å². The SMILES string of the molecule is CNC(=O)CC1CCN(CC(C)(C)N2CCOCC2)CC1. The van der Waals surface area contributed by atoms with E-state index >= 15 is 0 Å². The number of hydrogen-bond donors (Lipinski definition) is 1. The molecule has 0 unspecified atom stereocenters. The van der Waals surface area contributed by atoms with Gasteiger partial charge in [0.15, 0.2) is 0 Å². The molecular formula is C16H31N3O2. The molecule has 5 nitrogen and oxygen atoms in total. The molecule has 2 fully saturated rings. The maximum atomic E-state index is 11.5. The monoisotopic (exact) mass is 297 g/mol. The Balaban J connectivity index is 1.75. The molecular weight excluding hydrogens is 266 g/mol. The molecule has 1 amide bonds. The Bertz CT molecular complexity index is 332. The number of morpholine rings is 1. The summed E-state index contributed by atoms with van der Waals surface area (Å²) in [4.78, 5) is 16.6. The fourth-order valence-corrected chi connectivity index (χ4v) is 3.53. The van der Waals surface area contributed by atoms with E-state index in [2.05, 4.69) is 29.0 Å². The summed E-state index contributed by atoms with van der Waals surface area (Å²) in [5, 5.41) is 2.73. The second-order valence-electron chi connectivity index (χ2n) is 7.01. The Morgan fingerprint density at radius 3 is 2.38 bits per heavy atom. The zero-order valence-corrected chi connectivity index (χ0v) is 13.9. The Labute approximate surface area is 129 Å². The summed E-state index contributed by atoms with van der Waals surface area (Å²) in [6, 6.07) is 0. The van der Waals surface area contributed by atoms with E-state index in [1.54, 1.807) is 7.05 Å². The van der Waals surface area contributed by atoms with Crippen molar-refractivity contribution in [3.05, 3.63) is 0 Å². The number of carbonyl (C=O) groups is 1. The highest BCUT2D eigenvalue weighted by atomic mass is 16.5. The molecule has 2 heterocycles. The lowest BCUT2D eigenvalue weighted by Crippen LogP contribution is -2.56. The van der Waals surface area contributed by atoms with Gasteiger partial charge in [0, 0.05) is 38.6 Å². The molecule has 0 atom stereocenters. The normalized spacial score (nSPS) is 23.2. The topological polar surface area (TPSA) is 44.8 Å². The quantitative estimate of drug-likeness (QED) is 0.820. The molecule has 0 aromatic rings. The number of likely N-dealkylation sites (tertiary alicyclic amines) is 1. The molecule has 21 heavy (non-hydrogen) atoms. The minimum absolute atomic E-state index is 0.182. The Morgan fingerprint density at radius 1 is 1.19 bits per heavy atom. The van der Waals surface area contributed by atoms with E-state index in [0.717, 1.165) is 58.8 Å². The van der Waals surface area contributed by atoms with Crippen molar-refractivity contribution in [2.24, 2.45) is 5.92 Å². The van der Waals surface area contributed by atoms with Gasteiger partial charge in [0.25, 0.3) is 0 Å². The number of piperidine rings is 1. The van der Waals surface area contributed by atoms with Gasteiger partial charge < -0.3 is 15.0 Å². The van der Waals surface area contributed by atoms with Crippen LogP contribution in [-0.4, -0.2) is 74.2 Å². The summed E-state index contributed by atoms with van der Waals surface area (Å²) in [6.07, 6.45) is 2.98. The van der Waals surface area contributed by atoms with Crippen LogP contribution in [0.2, 0.25) is 0 Å². The molecule has 122 valence electrons. The van der Waals surface area contributed by atoms with Gasteiger partial charge in [-0.3, -0.25) is 9.69 Å². The Morgan fingerprint density at radius 2 is 1.81 bits per heavy atom. The Kier molecular flexibility index (Phi) is 6.02. The van der Waals surface area contributed by atoms with Crippen LogP contribution in [0.3, 0.4) is 0 Å². The number of amides is 1. The van der Waals surface area contributed by atoms with Crippen molar-refractivity contribution in [1.29, 1.82) is 0 Å². The maximum absolute atomic E-state index is 11.5. The van der Waals surface area contributed by atoms with E-state index in [1.807, 2.05) is 0 Å². The summed E-state index contributed by atoms with van der Waals surface area (Å²) >= 11 is 0. The summed E-state index contributed by atoms with van der Waals surface area (Å²) in [5.41, 5.74) is 0.206. The van der Waals surface area contributed by atoms with Crippen LogP contribution in [0, 0.1) is 5.92 Å². The lowest BCUT2D eigenvalue weighted by Gasteiger charge is -2.45. The third-order valence-corrected chi connectivity index (χ3v) is 4.94. The molecule has 0 bridgehead atoms. The van der Waals surface area contributed by atoms with Gasteiger partial charge >= 0.3 is 0 Å². The molecule has 0 radical (unpaired) electrons. The van der Waals surface area contributed by atoms with Crippen molar-refractivity contribution in [3.63, 3.8) is 0 Å². The van der Waals surface area contributed by atoms with Crippen molar-refractivity contribution >= 4 is 5.91 Å². The molecule has 2 aliphatic heterocycles. The zero-order chi connectivity index (χ0) is 15.3. The molecule has 1 N–H and O–H groups in total. The van der Waals surface area contributed by atoms with Crippen molar-refractivity contribution in [1.82, 2.24) is 15.1 Å². The molecule has 5 heteroatoms. The van der Waals surface area contributed by atoms with Gasteiger partial charge in [-0.25, -0.2) is 0 Å². The first-order chi connectivity index (χ1) is 10.0. The van der Waals surface area contributed by atoms with Crippen LogP contribution in [0.4, 0.5) is 0 Å². The van der Waals surface area contributed by atoms with Crippen LogP contribution < -0.4 is 5.32 Å². The second-order valence-corrected chi connectivity index (χ2v) is 7.01. The third-order valence-electron chi connectivity index (χ3n) is 4.94. The summed E-state index contributed by atoms with van der Waals surface area (Å²) in [6.45, 7) is 11.8. The van der Waals surface area contributed by atoms with E-state index < -0.39 is 0 Å². The van der Waals surface area contributed by atoms with Crippen LogP contribution in [0.1, 0.15) is 33.1 Å². The Hall–Kier alpha value is -0.650. The molecule has 2 rings (SSSR count). The van der Waals surface area contributed by atoms with Gasteiger partial charge in [-0.15, -0.1) is 0 Å². The predicted molar refractivity (Wildman–Crippen MR) is 84.3 cm³/mol. The van der Waals surface area contributed by atoms with Crippen molar-refractivity contribution in [3.8, 4) is 0 Å². The van der Waals surface area contributed by atoms with Gasteiger partial charge in [0.2, 0.25) is 5.91 Å². The largest absolute Gasteiger partial charge is 0.379 e. The van der Waals surface area contributed by atoms with Crippen molar-refractivity contribution in [2.75, 3.05) is 53.0 Å². The fraction of sp³-hybridized carbons (Fsp3) is 0.938. The van der Waals surface area contributed by atoms with Crippen LogP contribution in [0.15, 0.2) is 0 Å². The first kappa shape index (κ1) is 16.7. The van der Waals surface area contributed by atoms with Crippen molar-refractivity contribution in [2.45, 2.75) is 38.6 Å². The van der Waals surface area contributed by atoms with Gasteiger partial charge in [0.1, 0.15) is 0 Å². The van der Waals surface area contributed by atoms with Gasteiger partial charge in [-0.2, -0.15) is 0 Å². The number of rotatable bonds is 5. The molecule has 2 saturated heterocycles. The molecule has 0 aliphatic carbocycles. The smallest absolute Gasteiger partial charge is 0.220 e. The second kappa shape index (κ2) is 7.56. The van der Waals surface area contributed by atoms with Crippen LogP contribution in [0.5, 0.6) is 0 Å². The first-order valence-electron chi connectivity index (χ1n) is 8.27. The minimum Gasteiger partial charge on any atom is -0.379 e. The number of hydrogen-bond acceptors (Lipinski definition) is 4. The maximum Gasteiger partial charge on any atom is 0.220 e. The average molecular weight is 297 g/mol. The molecule has 0 aromatic heterocycles. The van der Waals surface area contributed by atoms with E-state index in [-0.39, 0.29) is 11.4 Å². The number of ether oxygens (including phenoxy) is 1. The molecule has 0 saturated carbocycles. The molecule has 0 aromatic carbocycles. The zero-order valence-electron chi connectivity index (χ0n) is 13.9. The van der Waals surface area contributed by atoms with Crippen LogP contribution in [0.25, 0.3) is 0 Å². The molecule has 0 spiro atoms. The number of nitrogens with one attached hydrogen (secondary N) is 1. The average Bonchev–Trinajstić information content (AvgIpc) is 2.50.